The Morgan fingerprint density at radius 3 is 1.83 bits per heavy atom. The van der Waals surface area contributed by atoms with Crippen molar-refractivity contribution in [2.45, 2.75) is 36.6 Å². The molecule has 1 atom stereocenters. The van der Waals surface area contributed by atoms with Crippen molar-refractivity contribution in [1.29, 1.82) is 0 Å². The molecule has 0 aliphatic heterocycles. The van der Waals surface area contributed by atoms with Crippen LogP contribution in [0.2, 0.25) is 0 Å². The van der Waals surface area contributed by atoms with Gasteiger partial charge in [-0.1, -0.05) is 19.1 Å². The average molecular weight is 379 g/mol. The molecule has 0 amide bonds. The highest BCUT2D eigenvalue weighted by Gasteiger charge is 2.60. The van der Waals surface area contributed by atoms with E-state index in [9.17, 15) is 34.8 Å². The van der Waals surface area contributed by atoms with Gasteiger partial charge in [0.1, 0.15) is 0 Å². The van der Waals surface area contributed by atoms with E-state index < -0.39 is 45.8 Å². The number of aliphatic hydroxyl groups is 1. The van der Waals surface area contributed by atoms with Crippen LogP contribution in [0.4, 0.5) is 26.3 Å². The molecular formula is C13H15F6NO3S. The van der Waals surface area contributed by atoms with Crippen LogP contribution in [0, 0.1) is 5.92 Å². The number of aliphatic hydroxyl groups excluding tert-OH is 1. The average Bonchev–Trinajstić information content (AvgIpc) is 2.43. The van der Waals surface area contributed by atoms with Crippen molar-refractivity contribution in [2.75, 3.05) is 6.61 Å². The molecule has 11 heteroatoms. The number of sulfonamides is 1. The van der Waals surface area contributed by atoms with Crippen LogP contribution in [-0.4, -0.2) is 38.5 Å². The van der Waals surface area contributed by atoms with Crippen LogP contribution >= 0.6 is 0 Å². The van der Waals surface area contributed by atoms with Gasteiger partial charge in [0.05, 0.1) is 17.5 Å². The lowest BCUT2D eigenvalue weighted by Crippen LogP contribution is -2.54. The van der Waals surface area contributed by atoms with E-state index in [4.69, 9.17) is 5.11 Å². The topological polar surface area (TPSA) is 66.4 Å². The summed E-state index contributed by atoms with van der Waals surface area (Å²) < 4.78 is 101. The summed E-state index contributed by atoms with van der Waals surface area (Å²) in [7, 11) is -4.67. The van der Waals surface area contributed by atoms with Crippen molar-refractivity contribution in [3.05, 3.63) is 29.8 Å². The molecule has 0 spiro atoms. The zero-order chi connectivity index (χ0) is 18.8. The number of aryl methyl sites for hydroxylation is 1. The molecule has 1 unspecified atom stereocenters. The summed E-state index contributed by atoms with van der Waals surface area (Å²) in [6, 6.07) is 2.10. The third-order valence-electron chi connectivity index (χ3n) is 3.25. The fraction of sp³-hybridized carbons (Fsp3) is 0.538. The minimum atomic E-state index is -5.78. The lowest BCUT2D eigenvalue weighted by atomic mass is 10.00. The standard InChI is InChI=1S/C13H15F6NO3S/c1-2-8-3-5-9(6-4-8)24(22,23)20-10(7-21)11(12(14,15)16)13(17,18)19/h3-6,10-11,20-21H,2,7H2,1H3. The maximum absolute atomic E-state index is 12.7. The Bertz CT molecular complexity index is 625. The van der Waals surface area contributed by atoms with Crippen LogP contribution in [0.5, 0.6) is 0 Å². The second kappa shape index (κ2) is 7.28. The molecule has 0 saturated carbocycles. The number of nitrogens with one attached hydrogen (secondary N) is 1. The highest BCUT2D eigenvalue weighted by atomic mass is 32.2. The molecule has 1 aromatic rings. The van der Waals surface area contributed by atoms with Crippen LogP contribution in [0.25, 0.3) is 0 Å². The molecule has 0 fully saturated rings. The van der Waals surface area contributed by atoms with Gasteiger partial charge < -0.3 is 5.11 Å². The van der Waals surface area contributed by atoms with E-state index in [0.29, 0.717) is 6.42 Å². The van der Waals surface area contributed by atoms with Crippen LogP contribution in [-0.2, 0) is 16.4 Å². The van der Waals surface area contributed by atoms with E-state index in [1.165, 1.54) is 16.9 Å². The first-order chi connectivity index (χ1) is 10.8. The molecule has 2 N–H and O–H groups in total. The summed E-state index contributed by atoms with van der Waals surface area (Å²) in [6.45, 7) is 0.108. The van der Waals surface area contributed by atoms with Gasteiger partial charge in [0, 0.05) is 0 Å². The van der Waals surface area contributed by atoms with Gasteiger partial charge in [0.15, 0.2) is 5.92 Å². The first-order valence-electron chi connectivity index (χ1n) is 6.68. The molecule has 0 aliphatic rings. The molecule has 0 saturated heterocycles. The summed E-state index contributed by atoms with van der Waals surface area (Å²) in [4.78, 5) is -0.499. The van der Waals surface area contributed by atoms with Crippen LogP contribution in [0.3, 0.4) is 0 Å². The fourth-order valence-corrected chi connectivity index (χ4v) is 3.26. The van der Waals surface area contributed by atoms with Crippen molar-refractivity contribution >= 4 is 10.0 Å². The van der Waals surface area contributed by atoms with E-state index in [1.54, 1.807) is 6.92 Å². The molecule has 138 valence electrons. The molecule has 0 aromatic heterocycles. The molecule has 0 radical (unpaired) electrons. The zero-order valence-corrected chi connectivity index (χ0v) is 13.1. The van der Waals surface area contributed by atoms with Gasteiger partial charge in [-0.05, 0) is 24.1 Å². The summed E-state index contributed by atoms with van der Waals surface area (Å²) in [5.74, 6) is -4.03. The molecule has 0 aliphatic carbocycles. The van der Waals surface area contributed by atoms with Crippen molar-refractivity contribution in [3.8, 4) is 0 Å². The normalized spacial score (nSPS) is 14.9. The highest BCUT2D eigenvalue weighted by Crippen LogP contribution is 2.41. The summed E-state index contributed by atoms with van der Waals surface area (Å²) in [5.41, 5.74) is 0.733. The van der Waals surface area contributed by atoms with Gasteiger partial charge in [-0.2, -0.15) is 26.3 Å². The monoisotopic (exact) mass is 379 g/mol. The zero-order valence-electron chi connectivity index (χ0n) is 12.3. The van der Waals surface area contributed by atoms with E-state index in [-0.39, 0.29) is 0 Å². The van der Waals surface area contributed by atoms with E-state index >= 15 is 0 Å². The maximum atomic E-state index is 12.7. The van der Waals surface area contributed by atoms with Crippen molar-refractivity contribution in [2.24, 2.45) is 5.92 Å². The minimum absolute atomic E-state index is 0.499. The molecule has 24 heavy (non-hydrogen) atoms. The number of rotatable bonds is 6. The van der Waals surface area contributed by atoms with Gasteiger partial charge in [0.25, 0.3) is 0 Å². The Balaban J connectivity index is 3.16. The molecule has 4 nitrogen and oxygen atoms in total. The van der Waals surface area contributed by atoms with Crippen LogP contribution < -0.4 is 4.72 Å². The number of benzene rings is 1. The Morgan fingerprint density at radius 2 is 1.50 bits per heavy atom. The summed E-state index contributed by atoms with van der Waals surface area (Å²) in [5, 5.41) is 8.89. The third-order valence-corrected chi connectivity index (χ3v) is 4.76. The molecular weight excluding hydrogens is 364 g/mol. The number of alkyl halides is 6. The lowest BCUT2D eigenvalue weighted by Gasteiger charge is -2.29. The summed E-state index contributed by atoms with van der Waals surface area (Å²) >= 11 is 0. The predicted molar refractivity (Wildman–Crippen MR) is 72.6 cm³/mol. The van der Waals surface area contributed by atoms with Crippen molar-refractivity contribution in [1.82, 2.24) is 4.72 Å². The molecule has 0 heterocycles. The molecule has 1 rings (SSSR count). The van der Waals surface area contributed by atoms with E-state index in [0.717, 1.165) is 17.7 Å². The maximum Gasteiger partial charge on any atom is 0.402 e. The number of hydrogen-bond donors (Lipinski definition) is 2. The fourth-order valence-electron chi connectivity index (χ4n) is 2.02. The van der Waals surface area contributed by atoms with Crippen molar-refractivity contribution in [3.63, 3.8) is 0 Å². The quantitative estimate of drug-likeness (QED) is 0.747. The van der Waals surface area contributed by atoms with Gasteiger partial charge >= 0.3 is 12.4 Å². The SMILES string of the molecule is CCc1ccc(S(=O)(=O)NC(CO)C(C(F)(F)F)C(F)(F)F)cc1. The molecule has 0 bridgehead atoms. The van der Waals surface area contributed by atoms with E-state index in [2.05, 4.69) is 0 Å². The van der Waals surface area contributed by atoms with Gasteiger partial charge in [-0.25, -0.2) is 13.1 Å². The highest BCUT2D eigenvalue weighted by molar-refractivity contribution is 7.89. The second-order valence-corrected chi connectivity index (χ2v) is 6.68. The predicted octanol–water partition coefficient (Wildman–Crippen LogP) is 2.63. The number of hydrogen-bond acceptors (Lipinski definition) is 3. The Kier molecular flexibility index (Phi) is 6.28. The number of halogens is 6. The smallest absolute Gasteiger partial charge is 0.395 e. The second-order valence-electron chi connectivity index (χ2n) is 4.97. The Labute approximate surface area is 134 Å². The van der Waals surface area contributed by atoms with Gasteiger partial charge in [-0.15, -0.1) is 0 Å². The minimum Gasteiger partial charge on any atom is -0.395 e. The van der Waals surface area contributed by atoms with E-state index in [1.807, 2.05) is 0 Å². The van der Waals surface area contributed by atoms with Crippen molar-refractivity contribution < 1.29 is 39.9 Å². The van der Waals surface area contributed by atoms with Crippen LogP contribution in [0.15, 0.2) is 29.2 Å². The van der Waals surface area contributed by atoms with Gasteiger partial charge in [0.2, 0.25) is 10.0 Å². The first kappa shape index (κ1) is 20.7. The molecule has 1 aromatic carbocycles. The largest absolute Gasteiger partial charge is 0.402 e. The third kappa shape index (κ3) is 5.08. The van der Waals surface area contributed by atoms with Crippen LogP contribution in [0.1, 0.15) is 12.5 Å². The van der Waals surface area contributed by atoms with Gasteiger partial charge in [-0.3, -0.25) is 0 Å². The Morgan fingerprint density at radius 1 is 1.04 bits per heavy atom. The summed E-state index contributed by atoms with van der Waals surface area (Å²) in [6.07, 6.45) is -11.0. The lowest BCUT2D eigenvalue weighted by molar-refractivity contribution is -0.292. The Hall–Kier alpha value is -1.33. The first-order valence-corrected chi connectivity index (χ1v) is 8.16.